The summed E-state index contributed by atoms with van der Waals surface area (Å²) in [6, 6.07) is 2.23. The Morgan fingerprint density at radius 1 is 0.956 bits per heavy atom. The SMILES string of the molecule is O=C(Cc1c(F)cc(OCCCC2CCN(c3ncc(Cl)cn3)CC2)cc1F)N1CC(CCC[C@H](O)[C@@H](O)[C@H](O)[C@H](O)CO)C1. The molecule has 2 aliphatic heterocycles. The van der Waals surface area contributed by atoms with Gasteiger partial charge in [0.1, 0.15) is 35.7 Å². The van der Waals surface area contributed by atoms with Gasteiger partial charge in [-0.2, -0.15) is 0 Å². The van der Waals surface area contributed by atoms with Gasteiger partial charge in [-0.1, -0.05) is 18.0 Å². The molecule has 1 amide bonds. The zero-order valence-electron chi connectivity index (χ0n) is 25.1. The standard InChI is InChI=1S/C31H43ClF2N4O7/c32-21-14-35-31(36-15-21)37-8-6-19(7-9-37)4-2-10-45-22-11-24(33)23(25(34)12-22)13-28(42)38-16-20(17-38)3-1-5-26(40)29(43)30(44)27(41)18-39/h11-12,14-15,19-20,26-27,29-30,39-41,43-44H,1-10,13,16-18H2/t26-,27+,29+,30+/m0/s1. The van der Waals surface area contributed by atoms with Crippen LogP contribution in [-0.4, -0.2) is 110 Å². The fourth-order valence-corrected chi connectivity index (χ4v) is 5.95. The van der Waals surface area contributed by atoms with Crippen LogP contribution >= 0.6 is 11.6 Å². The number of nitrogens with zero attached hydrogens (tertiary/aromatic N) is 4. The van der Waals surface area contributed by atoms with Gasteiger partial charge in [0.15, 0.2) is 0 Å². The molecule has 2 aliphatic rings. The third-order valence-electron chi connectivity index (χ3n) is 8.72. The van der Waals surface area contributed by atoms with Crippen molar-refractivity contribution in [3.05, 3.63) is 46.7 Å². The summed E-state index contributed by atoms with van der Waals surface area (Å²) < 4.78 is 35.2. The molecule has 2 saturated heterocycles. The fourth-order valence-electron chi connectivity index (χ4n) is 5.85. The zero-order valence-corrected chi connectivity index (χ0v) is 25.9. The number of amides is 1. The summed E-state index contributed by atoms with van der Waals surface area (Å²) in [6.07, 6.45) is 1.63. The molecule has 0 spiro atoms. The number of anilines is 1. The molecule has 0 unspecified atom stereocenters. The molecular formula is C31H43ClF2N4O7. The van der Waals surface area contributed by atoms with Crippen molar-refractivity contribution >= 4 is 23.5 Å². The summed E-state index contributed by atoms with van der Waals surface area (Å²) in [6.45, 7) is 2.12. The average Bonchev–Trinajstić information content (AvgIpc) is 3.01. The Morgan fingerprint density at radius 2 is 1.56 bits per heavy atom. The van der Waals surface area contributed by atoms with Crippen molar-refractivity contribution in [1.29, 1.82) is 0 Å². The molecule has 3 heterocycles. The average molecular weight is 657 g/mol. The predicted molar refractivity (Wildman–Crippen MR) is 162 cm³/mol. The van der Waals surface area contributed by atoms with Gasteiger partial charge in [0.05, 0.1) is 43.2 Å². The molecule has 5 N–H and O–H groups in total. The first-order valence-corrected chi connectivity index (χ1v) is 15.9. The lowest BCUT2D eigenvalue weighted by Gasteiger charge is -2.39. The number of aromatic nitrogens is 2. The van der Waals surface area contributed by atoms with Crippen LogP contribution in [0, 0.1) is 23.5 Å². The van der Waals surface area contributed by atoms with Crippen LogP contribution in [-0.2, 0) is 11.2 Å². The number of ether oxygens (including phenoxy) is 1. The Bertz CT molecular complexity index is 1210. The number of aliphatic hydroxyl groups excluding tert-OH is 5. The van der Waals surface area contributed by atoms with Gasteiger partial charge in [0, 0.05) is 43.9 Å². The highest BCUT2D eigenvalue weighted by Gasteiger charge is 2.33. The van der Waals surface area contributed by atoms with Gasteiger partial charge in [-0.05, 0) is 50.4 Å². The molecule has 0 saturated carbocycles. The molecular weight excluding hydrogens is 614 g/mol. The smallest absolute Gasteiger partial charge is 0.227 e. The highest BCUT2D eigenvalue weighted by Crippen LogP contribution is 2.27. The van der Waals surface area contributed by atoms with E-state index in [2.05, 4.69) is 14.9 Å². The van der Waals surface area contributed by atoms with E-state index in [4.69, 9.17) is 21.4 Å². The van der Waals surface area contributed by atoms with Crippen LogP contribution in [0.15, 0.2) is 24.5 Å². The highest BCUT2D eigenvalue weighted by atomic mass is 35.5. The van der Waals surface area contributed by atoms with Crippen LogP contribution in [0.2, 0.25) is 5.02 Å². The maximum Gasteiger partial charge on any atom is 0.227 e. The first-order chi connectivity index (χ1) is 21.5. The van der Waals surface area contributed by atoms with E-state index in [-0.39, 0.29) is 29.6 Å². The maximum atomic E-state index is 14.8. The molecule has 0 aliphatic carbocycles. The van der Waals surface area contributed by atoms with Crippen LogP contribution < -0.4 is 9.64 Å². The third kappa shape index (κ3) is 9.90. The number of piperidine rings is 1. The Hall–Kier alpha value is -2.68. The van der Waals surface area contributed by atoms with E-state index in [9.17, 15) is 34.0 Å². The van der Waals surface area contributed by atoms with Crippen LogP contribution in [0.3, 0.4) is 0 Å². The third-order valence-corrected chi connectivity index (χ3v) is 8.91. The molecule has 11 nitrogen and oxygen atoms in total. The van der Waals surface area contributed by atoms with Gasteiger partial charge >= 0.3 is 0 Å². The Balaban J connectivity index is 1.11. The van der Waals surface area contributed by atoms with Crippen molar-refractivity contribution < 1.29 is 43.8 Å². The van der Waals surface area contributed by atoms with E-state index in [1.807, 2.05) is 0 Å². The first-order valence-electron chi connectivity index (χ1n) is 15.5. The van der Waals surface area contributed by atoms with Crippen molar-refractivity contribution in [3.63, 3.8) is 0 Å². The lowest BCUT2D eigenvalue weighted by atomic mass is 9.91. The monoisotopic (exact) mass is 656 g/mol. The number of likely N-dealkylation sites (tertiary alicyclic amines) is 1. The van der Waals surface area contributed by atoms with Gasteiger partial charge in [0.2, 0.25) is 11.9 Å². The minimum Gasteiger partial charge on any atom is -0.493 e. The minimum absolute atomic E-state index is 0.0885. The van der Waals surface area contributed by atoms with Gasteiger partial charge in [-0.3, -0.25) is 4.79 Å². The van der Waals surface area contributed by atoms with E-state index in [1.165, 1.54) is 4.90 Å². The number of benzene rings is 1. The molecule has 2 aromatic rings. The Morgan fingerprint density at radius 3 is 2.18 bits per heavy atom. The molecule has 2 fully saturated rings. The summed E-state index contributed by atoms with van der Waals surface area (Å²) in [4.78, 5) is 24.8. The van der Waals surface area contributed by atoms with Crippen LogP contribution in [0.4, 0.5) is 14.7 Å². The zero-order chi connectivity index (χ0) is 32.5. The van der Waals surface area contributed by atoms with Crippen molar-refractivity contribution in [2.75, 3.05) is 44.3 Å². The lowest BCUT2D eigenvalue weighted by molar-refractivity contribution is -0.137. The lowest BCUT2D eigenvalue weighted by Crippen LogP contribution is -2.50. The Labute approximate surface area is 266 Å². The van der Waals surface area contributed by atoms with Gasteiger partial charge < -0.3 is 40.1 Å². The maximum absolute atomic E-state index is 14.8. The predicted octanol–water partition coefficient (Wildman–Crippen LogP) is 2.09. The van der Waals surface area contributed by atoms with Crippen LogP contribution in [0.1, 0.15) is 50.5 Å². The van der Waals surface area contributed by atoms with Crippen molar-refractivity contribution in [2.24, 2.45) is 11.8 Å². The van der Waals surface area contributed by atoms with E-state index < -0.39 is 49.1 Å². The molecule has 4 rings (SSSR count). The highest BCUT2D eigenvalue weighted by molar-refractivity contribution is 6.30. The number of halogens is 3. The summed E-state index contributed by atoms with van der Waals surface area (Å²) in [7, 11) is 0. The minimum atomic E-state index is -1.67. The van der Waals surface area contributed by atoms with Crippen LogP contribution in [0.5, 0.6) is 5.75 Å². The number of carbonyl (C=O) groups is 1. The normalized spacial score (nSPS) is 18.8. The summed E-state index contributed by atoms with van der Waals surface area (Å²) >= 11 is 5.86. The van der Waals surface area contributed by atoms with Gasteiger partial charge in [-0.25, -0.2) is 18.7 Å². The summed E-state index contributed by atoms with van der Waals surface area (Å²) in [5, 5.41) is 48.4. The molecule has 4 atom stereocenters. The number of aliphatic hydroxyl groups is 5. The molecule has 0 bridgehead atoms. The number of hydrogen-bond acceptors (Lipinski definition) is 10. The van der Waals surface area contributed by atoms with E-state index in [1.54, 1.807) is 12.4 Å². The largest absolute Gasteiger partial charge is 0.493 e. The molecule has 250 valence electrons. The van der Waals surface area contributed by atoms with E-state index in [0.29, 0.717) is 49.4 Å². The number of rotatable bonds is 16. The topological polar surface area (TPSA) is 160 Å². The number of carbonyl (C=O) groups excluding carboxylic acids is 1. The quantitative estimate of drug-likeness (QED) is 0.169. The molecule has 14 heteroatoms. The second-order valence-electron chi connectivity index (χ2n) is 12.1. The summed E-state index contributed by atoms with van der Waals surface area (Å²) in [5.74, 6) is -0.616. The van der Waals surface area contributed by atoms with E-state index >= 15 is 0 Å². The van der Waals surface area contributed by atoms with E-state index in [0.717, 1.165) is 50.9 Å². The van der Waals surface area contributed by atoms with Crippen molar-refractivity contribution in [2.45, 2.75) is 75.8 Å². The molecule has 45 heavy (non-hydrogen) atoms. The first kappa shape index (κ1) is 35.2. The van der Waals surface area contributed by atoms with Gasteiger partial charge in [0.25, 0.3) is 0 Å². The number of hydrogen-bond donors (Lipinski definition) is 5. The van der Waals surface area contributed by atoms with Crippen molar-refractivity contribution in [3.8, 4) is 5.75 Å². The Kier molecular flexibility index (Phi) is 13.1. The second-order valence-corrected chi connectivity index (χ2v) is 12.5. The second kappa shape index (κ2) is 16.8. The van der Waals surface area contributed by atoms with Gasteiger partial charge in [-0.15, -0.1) is 0 Å². The molecule has 0 radical (unpaired) electrons. The molecule has 1 aromatic heterocycles. The molecule has 1 aromatic carbocycles. The summed E-state index contributed by atoms with van der Waals surface area (Å²) in [5.41, 5.74) is -0.298. The van der Waals surface area contributed by atoms with Crippen molar-refractivity contribution in [1.82, 2.24) is 14.9 Å². The fraction of sp³-hybridized carbons (Fsp3) is 0.645. The van der Waals surface area contributed by atoms with Crippen LogP contribution in [0.25, 0.3) is 0 Å².